The maximum Gasteiger partial charge on any atom is 0.416 e. The van der Waals surface area contributed by atoms with Gasteiger partial charge in [-0.3, -0.25) is 9.59 Å². The molecule has 1 N–H and O–H groups in total. The Kier molecular flexibility index (Phi) is 5.80. The fraction of sp³-hybridized carbons (Fsp3) is 0.562. The first kappa shape index (κ1) is 18.2. The third kappa shape index (κ3) is 4.46. The molecule has 24 heavy (non-hydrogen) atoms. The molecule has 1 saturated heterocycles. The Morgan fingerprint density at radius 2 is 2.12 bits per heavy atom. The first-order valence-corrected chi connectivity index (χ1v) is 7.96. The van der Waals surface area contributed by atoms with Crippen molar-refractivity contribution in [2.75, 3.05) is 11.9 Å². The average Bonchev–Trinajstić information content (AvgIpc) is 2.54. The summed E-state index contributed by atoms with van der Waals surface area (Å²) in [6.45, 7) is 2.37. The molecule has 0 aromatic carbocycles. The minimum atomic E-state index is -4.50. The molecule has 0 radical (unpaired) electrons. The lowest BCUT2D eigenvalue weighted by atomic mass is 10.0. The summed E-state index contributed by atoms with van der Waals surface area (Å²) >= 11 is 0. The molecule has 1 unspecified atom stereocenters. The van der Waals surface area contributed by atoms with Gasteiger partial charge in [-0.2, -0.15) is 13.2 Å². The van der Waals surface area contributed by atoms with Crippen molar-refractivity contribution < 1.29 is 22.8 Å². The highest BCUT2D eigenvalue weighted by Crippen LogP contribution is 2.30. The van der Waals surface area contributed by atoms with Crippen LogP contribution in [0.2, 0.25) is 0 Å². The van der Waals surface area contributed by atoms with Crippen LogP contribution in [0.4, 0.5) is 19.0 Å². The number of amides is 2. The van der Waals surface area contributed by atoms with E-state index < -0.39 is 23.7 Å². The van der Waals surface area contributed by atoms with Gasteiger partial charge in [0.2, 0.25) is 11.8 Å². The molecule has 2 amide bonds. The van der Waals surface area contributed by atoms with E-state index in [1.807, 2.05) is 6.92 Å². The van der Waals surface area contributed by atoms with E-state index in [2.05, 4.69) is 10.3 Å². The van der Waals surface area contributed by atoms with Gasteiger partial charge in [0, 0.05) is 19.2 Å². The summed E-state index contributed by atoms with van der Waals surface area (Å²) in [5.74, 6) is -0.761. The van der Waals surface area contributed by atoms with E-state index in [4.69, 9.17) is 0 Å². The minimum Gasteiger partial charge on any atom is -0.331 e. The lowest BCUT2D eigenvalue weighted by Gasteiger charge is -2.34. The lowest BCUT2D eigenvalue weighted by molar-refractivity contribution is -0.140. The Morgan fingerprint density at radius 1 is 1.38 bits per heavy atom. The van der Waals surface area contributed by atoms with Gasteiger partial charge in [-0.05, 0) is 37.8 Å². The maximum absolute atomic E-state index is 12.7. The average molecular weight is 343 g/mol. The van der Waals surface area contributed by atoms with Crippen LogP contribution >= 0.6 is 0 Å². The molecule has 5 nitrogen and oxygen atoms in total. The second-order valence-electron chi connectivity index (χ2n) is 5.77. The highest BCUT2D eigenvalue weighted by Gasteiger charge is 2.33. The highest BCUT2D eigenvalue weighted by molar-refractivity contribution is 5.96. The van der Waals surface area contributed by atoms with Crippen LogP contribution < -0.4 is 5.32 Å². The van der Waals surface area contributed by atoms with Gasteiger partial charge in [0.15, 0.2) is 0 Å². The predicted molar refractivity (Wildman–Crippen MR) is 82.1 cm³/mol. The first-order valence-electron chi connectivity index (χ1n) is 7.96. The molecule has 1 fully saturated rings. The van der Waals surface area contributed by atoms with E-state index in [1.165, 1.54) is 4.90 Å². The fourth-order valence-corrected chi connectivity index (χ4v) is 2.74. The van der Waals surface area contributed by atoms with E-state index in [9.17, 15) is 22.8 Å². The summed E-state index contributed by atoms with van der Waals surface area (Å²) in [4.78, 5) is 29.8. The maximum atomic E-state index is 12.7. The van der Waals surface area contributed by atoms with Crippen LogP contribution in [0.5, 0.6) is 0 Å². The molecule has 2 rings (SSSR count). The molecule has 2 heterocycles. The number of piperidine rings is 1. The van der Waals surface area contributed by atoms with E-state index in [0.29, 0.717) is 25.8 Å². The summed E-state index contributed by atoms with van der Waals surface area (Å²) in [7, 11) is 0. The van der Waals surface area contributed by atoms with Gasteiger partial charge in [0.05, 0.1) is 5.56 Å². The van der Waals surface area contributed by atoms with Crippen LogP contribution in [0.25, 0.3) is 0 Å². The van der Waals surface area contributed by atoms with Crippen molar-refractivity contribution in [1.82, 2.24) is 9.88 Å². The van der Waals surface area contributed by atoms with Crippen molar-refractivity contribution in [3.05, 3.63) is 23.9 Å². The SMILES string of the molecule is CCCC(=O)N1CCCCC1C(=O)Nc1cc(C(F)(F)F)ccn1. The normalized spacial score (nSPS) is 18.3. The van der Waals surface area contributed by atoms with Gasteiger partial charge in [-0.1, -0.05) is 6.92 Å². The number of hydrogen-bond acceptors (Lipinski definition) is 3. The van der Waals surface area contributed by atoms with Crippen LogP contribution in [0.3, 0.4) is 0 Å². The Balaban J connectivity index is 2.11. The molecule has 1 aromatic rings. The number of anilines is 1. The molecule has 132 valence electrons. The largest absolute Gasteiger partial charge is 0.416 e. The van der Waals surface area contributed by atoms with Gasteiger partial charge < -0.3 is 10.2 Å². The van der Waals surface area contributed by atoms with Crippen molar-refractivity contribution in [1.29, 1.82) is 0 Å². The van der Waals surface area contributed by atoms with Crippen molar-refractivity contribution in [2.24, 2.45) is 0 Å². The molecule has 0 bridgehead atoms. The monoisotopic (exact) mass is 343 g/mol. The van der Waals surface area contributed by atoms with Crippen LogP contribution in [0.1, 0.15) is 44.6 Å². The Bertz CT molecular complexity index is 604. The van der Waals surface area contributed by atoms with Gasteiger partial charge in [-0.15, -0.1) is 0 Å². The third-order valence-corrected chi connectivity index (χ3v) is 3.93. The zero-order chi connectivity index (χ0) is 17.7. The second-order valence-corrected chi connectivity index (χ2v) is 5.77. The number of halogens is 3. The molecule has 1 aliphatic heterocycles. The molecule has 1 aromatic heterocycles. The quantitative estimate of drug-likeness (QED) is 0.913. The second kappa shape index (κ2) is 7.63. The Morgan fingerprint density at radius 3 is 2.79 bits per heavy atom. The van der Waals surface area contributed by atoms with E-state index >= 15 is 0 Å². The summed E-state index contributed by atoms with van der Waals surface area (Å²) in [5.41, 5.74) is -0.879. The molecule has 0 spiro atoms. The molecule has 1 aliphatic rings. The lowest BCUT2D eigenvalue weighted by Crippen LogP contribution is -2.50. The van der Waals surface area contributed by atoms with Gasteiger partial charge >= 0.3 is 6.18 Å². The molecular weight excluding hydrogens is 323 g/mol. The molecule has 8 heteroatoms. The summed E-state index contributed by atoms with van der Waals surface area (Å²) in [6, 6.07) is 0.973. The van der Waals surface area contributed by atoms with Crippen LogP contribution in [0.15, 0.2) is 18.3 Å². The van der Waals surface area contributed by atoms with Crippen molar-refractivity contribution in [3.63, 3.8) is 0 Å². The topological polar surface area (TPSA) is 62.3 Å². The fourth-order valence-electron chi connectivity index (χ4n) is 2.74. The van der Waals surface area contributed by atoms with Crippen LogP contribution in [-0.4, -0.2) is 34.3 Å². The number of aromatic nitrogens is 1. The summed E-state index contributed by atoms with van der Waals surface area (Å²) < 4.78 is 38.2. The molecule has 1 atom stereocenters. The number of alkyl halides is 3. The number of likely N-dealkylation sites (tertiary alicyclic amines) is 1. The van der Waals surface area contributed by atoms with E-state index in [1.54, 1.807) is 0 Å². The number of rotatable bonds is 4. The number of carbonyl (C=O) groups is 2. The molecule has 0 saturated carbocycles. The van der Waals surface area contributed by atoms with E-state index in [0.717, 1.165) is 31.2 Å². The standard InChI is InChI=1S/C16H20F3N3O2/c1-2-5-14(23)22-9-4-3-6-12(22)15(24)21-13-10-11(7-8-20-13)16(17,18)19/h7-8,10,12H,2-6,9H2,1H3,(H,20,21,24). The number of nitrogens with one attached hydrogen (secondary N) is 1. The zero-order valence-corrected chi connectivity index (χ0v) is 13.4. The third-order valence-electron chi connectivity index (χ3n) is 3.93. The minimum absolute atomic E-state index is 0.102. The smallest absolute Gasteiger partial charge is 0.331 e. The summed E-state index contributed by atoms with van der Waals surface area (Å²) in [5, 5.41) is 2.41. The van der Waals surface area contributed by atoms with E-state index in [-0.39, 0.29) is 11.7 Å². The van der Waals surface area contributed by atoms with Gasteiger partial charge in [-0.25, -0.2) is 4.98 Å². The van der Waals surface area contributed by atoms with Crippen molar-refractivity contribution >= 4 is 17.6 Å². The predicted octanol–water partition coefficient (Wildman–Crippen LogP) is 3.22. The first-order chi connectivity index (χ1) is 11.3. The molecule has 0 aliphatic carbocycles. The number of hydrogen-bond donors (Lipinski definition) is 1. The highest BCUT2D eigenvalue weighted by atomic mass is 19.4. The van der Waals surface area contributed by atoms with Gasteiger partial charge in [0.25, 0.3) is 0 Å². The number of pyridine rings is 1. The summed E-state index contributed by atoms with van der Waals surface area (Å²) in [6.07, 6.45) is -0.356. The number of carbonyl (C=O) groups excluding carboxylic acids is 2. The Labute approximate surface area is 138 Å². The Hall–Kier alpha value is -2.12. The van der Waals surface area contributed by atoms with Crippen LogP contribution in [-0.2, 0) is 15.8 Å². The number of nitrogens with zero attached hydrogens (tertiary/aromatic N) is 2. The van der Waals surface area contributed by atoms with Gasteiger partial charge in [0.1, 0.15) is 11.9 Å². The van der Waals surface area contributed by atoms with Crippen LogP contribution in [0, 0.1) is 0 Å². The zero-order valence-electron chi connectivity index (χ0n) is 13.4. The molecular formula is C16H20F3N3O2. The van der Waals surface area contributed by atoms with Crippen molar-refractivity contribution in [2.45, 2.75) is 51.2 Å². The van der Waals surface area contributed by atoms with Crippen molar-refractivity contribution in [3.8, 4) is 0 Å².